The molecule has 0 radical (unpaired) electrons. The van der Waals surface area contributed by atoms with Gasteiger partial charge in [0.25, 0.3) is 11.8 Å². The van der Waals surface area contributed by atoms with Crippen LogP contribution in [0.4, 0.5) is 0 Å². The van der Waals surface area contributed by atoms with Crippen molar-refractivity contribution in [1.82, 2.24) is 14.8 Å². The Morgan fingerprint density at radius 2 is 1.82 bits per heavy atom. The van der Waals surface area contributed by atoms with Gasteiger partial charge in [0.1, 0.15) is 5.57 Å². The number of thiocarbonyl (C=S) groups is 1. The Bertz CT molecular complexity index is 793. The van der Waals surface area contributed by atoms with Gasteiger partial charge < -0.3 is 4.57 Å². The summed E-state index contributed by atoms with van der Waals surface area (Å²) in [6, 6.07) is 13.4. The Kier molecular flexibility index (Phi) is 3.60. The Balaban J connectivity index is 2.03. The van der Waals surface area contributed by atoms with Crippen LogP contribution in [0.25, 0.3) is 11.8 Å². The first-order chi connectivity index (χ1) is 10.6. The molecule has 0 spiro atoms. The first kappa shape index (κ1) is 14.2. The predicted molar refractivity (Wildman–Crippen MR) is 87.3 cm³/mol. The summed E-state index contributed by atoms with van der Waals surface area (Å²) in [4.78, 5) is 25.5. The van der Waals surface area contributed by atoms with Crippen LogP contribution in [0.2, 0.25) is 0 Å². The fourth-order valence-electron chi connectivity index (χ4n) is 2.23. The molecule has 2 amide bonds. The molecule has 3 rings (SSSR count). The van der Waals surface area contributed by atoms with Crippen LogP contribution in [-0.2, 0) is 9.59 Å². The largest absolute Gasteiger partial charge is 0.317 e. The molecule has 22 heavy (non-hydrogen) atoms. The summed E-state index contributed by atoms with van der Waals surface area (Å²) in [6.07, 6.45) is 3.45. The van der Waals surface area contributed by atoms with Crippen molar-refractivity contribution in [2.45, 2.75) is 0 Å². The summed E-state index contributed by atoms with van der Waals surface area (Å²) in [7, 11) is 1.54. The molecule has 0 aliphatic carbocycles. The highest BCUT2D eigenvalue weighted by molar-refractivity contribution is 7.80. The van der Waals surface area contributed by atoms with Gasteiger partial charge in [-0.15, -0.1) is 0 Å². The fourth-order valence-corrected chi connectivity index (χ4v) is 2.40. The molecule has 1 aliphatic heterocycles. The molecule has 1 aromatic carbocycles. The van der Waals surface area contributed by atoms with Gasteiger partial charge in [0.2, 0.25) is 0 Å². The van der Waals surface area contributed by atoms with E-state index in [9.17, 15) is 9.59 Å². The monoisotopic (exact) mass is 311 g/mol. The van der Waals surface area contributed by atoms with Gasteiger partial charge in [-0.2, -0.15) is 0 Å². The number of hydrogen-bond acceptors (Lipinski definition) is 3. The van der Waals surface area contributed by atoms with Crippen molar-refractivity contribution in [3.05, 3.63) is 59.9 Å². The maximum Gasteiger partial charge on any atom is 0.265 e. The molecule has 1 aliphatic rings. The molecule has 0 atom stereocenters. The normalized spacial score (nSPS) is 17.0. The van der Waals surface area contributed by atoms with E-state index in [0.29, 0.717) is 0 Å². The lowest BCUT2D eigenvalue weighted by atomic mass is 10.1. The summed E-state index contributed by atoms with van der Waals surface area (Å²) in [5.74, 6) is -0.886. The number of rotatable bonds is 2. The Morgan fingerprint density at radius 1 is 1.09 bits per heavy atom. The summed E-state index contributed by atoms with van der Waals surface area (Å²) < 4.78 is 1.90. The van der Waals surface area contributed by atoms with Gasteiger partial charge in [0.15, 0.2) is 5.11 Å². The second-order valence-electron chi connectivity index (χ2n) is 4.82. The van der Waals surface area contributed by atoms with E-state index in [1.54, 1.807) is 6.08 Å². The van der Waals surface area contributed by atoms with Gasteiger partial charge in [-0.25, -0.2) is 0 Å². The van der Waals surface area contributed by atoms with Gasteiger partial charge in [-0.05, 0) is 42.6 Å². The smallest absolute Gasteiger partial charge is 0.265 e. The maximum absolute atomic E-state index is 12.2. The number of benzene rings is 1. The van der Waals surface area contributed by atoms with E-state index in [-0.39, 0.29) is 10.7 Å². The van der Waals surface area contributed by atoms with Crippen molar-refractivity contribution in [3.8, 4) is 5.69 Å². The number of carbonyl (C=O) groups excluding carboxylic acids is 2. The van der Waals surface area contributed by atoms with Crippen molar-refractivity contribution in [3.63, 3.8) is 0 Å². The average Bonchev–Trinajstić information content (AvgIpc) is 2.98. The van der Waals surface area contributed by atoms with Crippen LogP contribution in [0.15, 0.2) is 54.2 Å². The first-order valence-electron chi connectivity index (χ1n) is 6.66. The highest BCUT2D eigenvalue weighted by atomic mass is 32.1. The molecule has 0 bridgehead atoms. The zero-order valence-electron chi connectivity index (χ0n) is 11.8. The van der Waals surface area contributed by atoms with Crippen LogP contribution >= 0.6 is 12.2 Å². The van der Waals surface area contributed by atoms with E-state index < -0.39 is 11.8 Å². The standard InChI is InChI=1S/C16H13N3O2S/c1-18-15(21)13(14(20)17-16(18)22)10-12-8-5-9-19(12)11-6-3-2-4-7-11/h2-10H,1H3,(H,17,20,22)/b13-10+. The lowest BCUT2D eigenvalue weighted by molar-refractivity contribution is -0.128. The van der Waals surface area contributed by atoms with Gasteiger partial charge >= 0.3 is 0 Å². The molecule has 0 saturated carbocycles. The Morgan fingerprint density at radius 3 is 2.55 bits per heavy atom. The van der Waals surface area contributed by atoms with E-state index >= 15 is 0 Å². The Hall–Kier alpha value is -2.73. The van der Waals surface area contributed by atoms with Crippen molar-refractivity contribution in [1.29, 1.82) is 0 Å². The molecule has 1 fully saturated rings. The van der Waals surface area contributed by atoms with E-state index in [1.165, 1.54) is 11.9 Å². The second-order valence-corrected chi connectivity index (χ2v) is 5.21. The summed E-state index contributed by atoms with van der Waals surface area (Å²) in [5, 5.41) is 2.62. The molecule has 1 N–H and O–H groups in total. The molecule has 6 heteroatoms. The van der Waals surface area contributed by atoms with Crippen molar-refractivity contribution in [2.75, 3.05) is 7.05 Å². The zero-order chi connectivity index (χ0) is 15.7. The van der Waals surface area contributed by atoms with Crippen LogP contribution in [0.5, 0.6) is 0 Å². The number of para-hydroxylation sites is 1. The SMILES string of the molecule is CN1C(=O)/C(=C/c2cccn2-c2ccccc2)C(=O)NC1=S. The van der Waals surface area contributed by atoms with Gasteiger partial charge in [-0.3, -0.25) is 19.8 Å². The van der Waals surface area contributed by atoms with E-state index in [1.807, 2.05) is 53.2 Å². The number of nitrogens with one attached hydrogen (secondary N) is 1. The van der Waals surface area contributed by atoms with Crippen molar-refractivity contribution in [2.24, 2.45) is 0 Å². The zero-order valence-corrected chi connectivity index (χ0v) is 12.6. The molecule has 5 nitrogen and oxygen atoms in total. The van der Waals surface area contributed by atoms with Gasteiger partial charge in [0, 0.05) is 24.6 Å². The number of likely N-dealkylation sites (N-methyl/N-ethyl adjacent to an activating group) is 1. The molecular weight excluding hydrogens is 298 g/mol. The van der Waals surface area contributed by atoms with Gasteiger partial charge in [-0.1, -0.05) is 18.2 Å². The van der Waals surface area contributed by atoms with E-state index in [0.717, 1.165) is 11.4 Å². The predicted octanol–water partition coefficient (Wildman–Crippen LogP) is 1.73. The van der Waals surface area contributed by atoms with Crippen molar-refractivity contribution < 1.29 is 9.59 Å². The second kappa shape index (κ2) is 5.57. The fraction of sp³-hybridized carbons (Fsp3) is 0.0625. The minimum atomic E-state index is -0.478. The highest BCUT2D eigenvalue weighted by Crippen LogP contribution is 2.17. The maximum atomic E-state index is 12.2. The summed E-state index contributed by atoms with van der Waals surface area (Å²) >= 11 is 4.93. The van der Waals surface area contributed by atoms with Crippen molar-refractivity contribution >= 4 is 35.2 Å². The van der Waals surface area contributed by atoms with Crippen LogP contribution in [0, 0.1) is 0 Å². The molecule has 0 unspecified atom stereocenters. The quantitative estimate of drug-likeness (QED) is 0.522. The Labute approximate surface area is 132 Å². The number of nitrogens with zero attached hydrogens (tertiary/aromatic N) is 2. The third kappa shape index (κ3) is 2.44. The number of carbonyl (C=O) groups is 2. The number of hydrogen-bond donors (Lipinski definition) is 1. The summed E-state index contributed by atoms with van der Waals surface area (Å²) in [6.45, 7) is 0. The number of aromatic nitrogens is 1. The molecule has 2 heterocycles. The van der Waals surface area contributed by atoms with Crippen LogP contribution in [0.3, 0.4) is 0 Å². The molecule has 110 valence electrons. The lowest BCUT2D eigenvalue weighted by Crippen LogP contribution is -2.52. The molecular formula is C16H13N3O2S. The van der Waals surface area contributed by atoms with E-state index in [4.69, 9.17) is 12.2 Å². The van der Waals surface area contributed by atoms with Crippen LogP contribution in [0.1, 0.15) is 5.69 Å². The average molecular weight is 311 g/mol. The van der Waals surface area contributed by atoms with Crippen LogP contribution < -0.4 is 5.32 Å². The minimum absolute atomic E-state index is 0.0620. The number of amides is 2. The molecule has 1 aromatic heterocycles. The summed E-state index contributed by atoms with van der Waals surface area (Å²) in [5.41, 5.74) is 1.75. The third-order valence-corrected chi connectivity index (χ3v) is 3.79. The first-order valence-corrected chi connectivity index (χ1v) is 7.06. The van der Waals surface area contributed by atoms with Crippen LogP contribution in [-0.4, -0.2) is 33.4 Å². The third-order valence-electron chi connectivity index (χ3n) is 3.41. The molecule has 2 aromatic rings. The topological polar surface area (TPSA) is 54.3 Å². The lowest BCUT2D eigenvalue weighted by Gasteiger charge is -2.25. The van der Waals surface area contributed by atoms with E-state index in [2.05, 4.69) is 5.32 Å². The molecule has 1 saturated heterocycles. The highest BCUT2D eigenvalue weighted by Gasteiger charge is 2.30. The minimum Gasteiger partial charge on any atom is -0.317 e. The van der Waals surface area contributed by atoms with Gasteiger partial charge in [0.05, 0.1) is 0 Å².